The number of benzene rings is 2. The van der Waals surface area contributed by atoms with Gasteiger partial charge in [0.1, 0.15) is 0 Å². The molecule has 0 saturated heterocycles. The van der Waals surface area contributed by atoms with E-state index < -0.39 is 0 Å². The Bertz CT molecular complexity index is 791. The average Bonchev–Trinajstić information content (AvgIpc) is 2.47. The molecule has 0 aliphatic carbocycles. The van der Waals surface area contributed by atoms with E-state index in [1.807, 2.05) is 48.6 Å². The maximum atomic E-state index is 4.09. The molecule has 0 heteroatoms. The van der Waals surface area contributed by atoms with Crippen LogP contribution in [0.3, 0.4) is 0 Å². The molecule has 2 aromatic rings. The summed E-state index contributed by atoms with van der Waals surface area (Å²) < 4.78 is 0. The highest BCUT2D eigenvalue weighted by Gasteiger charge is 2.01. The van der Waals surface area contributed by atoms with Gasteiger partial charge >= 0.3 is 0 Å². The molecule has 0 atom stereocenters. The molecule has 98 valence electrons. The molecule has 2 rings (SSSR count). The zero-order chi connectivity index (χ0) is 14.5. The Kier molecular flexibility index (Phi) is 4.17. The minimum atomic E-state index is 0.975. The number of rotatable bonds is 3. The summed E-state index contributed by atoms with van der Waals surface area (Å²) in [6.45, 7) is 16.1. The van der Waals surface area contributed by atoms with Gasteiger partial charge in [-0.1, -0.05) is 87.0 Å². The molecule has 0 amide bonds. The first-order chi connectivity index (χ1) is 9.69. The van der Waals surface area contributed by atoms with Crippen molar-refractivity contribution in [3.8, 4) is 0 Å². The van der Waals surface area contributed by atoms with Gasteiger partial charge in [0.25, 0.3) is 0 Å². The Balaban J connectivity index is 3.04. The quantitative estimate of drug-likeness (QED) is 0.788. The molecule has 0 radical (unpaired) electrons. The minimum Gasteiger partial charge on any atom is -0.0984 e. The standard InChI is InChI=1S/C20H18/c1-5-17(19-13-9-7-11-15(19)3)18(6-2)20-14-10-8-12-16(20)4/h5-14H,1-4H2/b19-17+,20-18+. The second kappa shape index (κ2) is 6.03. The van der Waals surface area contributed by atoms with E-state index in [9.17, 15) is 0 Å². The predicted molar refractivity (Wildman–Crippen MR) is 89.6 cm³/mol. The molecule has 2 aromatic carbocycles. The number of allylic oxidation sites excluding steroid dienone is 2. The second-order valence-corrected chi connectivity index (χ2v) is 4.55. The van der Waals surface area contributed by atoms with Gasteiger partial charge in [-0.05, 0) is 32.0 Å². The minimum absolute atomic E-state index is 0.975. The van der Waals surface area contributed by atoms with Crippen LogP contribution in [-0.2, 0) is 0 Å². The Hall–Kier alpha value is -2.60. The molecule has 0 aromatic heterocycles. The Morgan fingerprint density at radius 2 is 1.00 bits per heavy atom. The summed E-state index contributed by atoms with van der Waals surface area (Å²) in [4.78, 5) is 0. The lowest BCUT2D eigenvalue weighted by molar-refractivity contribution is 1.48. The van der Waals surface area contributed by atoms with Gasteiger partial charge in [0.05, 0.1) is 0 Å². The van der Waals surface area contributed by atoms with Crippen molar-refractivity contribution in [3.05, 3.63) is 94.7 Å². The lowest BCUT2D eigenvalue weighted by Gasteiger charge is -2.05. The van der Waals surface area contributed by atoms with Crippen molar-refractivity contribution >= 4 is 24.3 Å². The van der Waals surface area contributed by atoms with Crippen molar-refractivity contribution in [2.45, 2.75) is 0 Å². The van der Waals surface area contributed by atoms with E-state index in [1.165, 1.54) is 0 Å². The monoisotopic (exact) mass is 258 g/mol. The van der Waals surface area contributed by atoms with Crippen LogP contribution in [0, 0.1) is 0 Å². The summed E-state index contributed by atoms with van der Waals surface area (Å²) in [7, 11) is 0. The second-order valence-electron chi connectivity index (χ2n) is 4.55. The predicted octanol–water partition coefficient (Wildman–Crippen LogP) is 1.88. The Morgan fingerprint density at radius 1 is 0.650 bits per heavy atom. The van der Waals surface area contributed by atoms with Gasteiger partial charge in [0.2, 0.25) is 0 Å². The molecule has 0 spiro atoms. The number of hydrogen-bond acceptors (Lipinski definition) is 0. The van der Waals surface area contributed by atoms with Crippen LogP contribution in [0.25, 0.3) is 24.3 Å². The fourth-order valence-electron chi connectivity index (χ4n) is 2.30. The molecule has 0 aliphatic rings. The topological polar surface area (TPSA) is 0 Å². The fourth-order valence-corrected chi connectivity index (χ4v) is 2.30. The molecule has 0 aliphatic heterocycles. The summed E-state index contributed by atoms with van der Waals surface area (Å²) in [6, 6.07) is 16.1. The van der Waals surface area contributed by atoms with Crippen molar-refractivity contribution < 1.29 is 0 Å². The lowest BCUT2D eigenvalue weighted by atomic mass is 9.99. The highest BCUT2D eigenvalue weighted by atomic mass is 14.0. The molecular weight excluding hydrogens is 240 g/mol. The maximum absolute atomic E-state index is 4.09. The van der Waals surface area contributed by atoms with E-state index in [-0.39, 0.29) is 0 Å². The van der Waals surface area contributed by atoms with Gasteiger partial charge in [-0.3, -0.25) is 0 Å². The Morgan fingerprint density at radius 3 is 1.30 bits per heavy atom. The molecule has 0 heterocycles. The zero-order valence-corrected chi connectivity index (χ0v) is 11.6. The average molecular weight is 258 g/mol. The van der Waals surface area contributed by atoms with Crippen molar-refractivity contribution in [2.75, 3.05) is 0 Å². The summed E-state index contributed by atoms with van der Waals surface area (Å²) in [6.07, 6.45) is 3.71. The molecule has 0 fully saturated rings. The summed E-state index contributed by atoms with van der Waals surface area (Å²) >= 11 is 0. The van der Waals surface area contributed by atoms with Gasteiger partial charge in [-0.25, -0.2) is 0 Å². The summed E-state index contributed by atoms with van der Waals surface area (Å²) in [5, 5.41) is 4.09. The van der Waals surface area contributed by atoms with E-state index >= 15 is 0 Å². The molecule has 0 saturated carbocycles. The van der Waals surface area contributed by atoms with E-state index in [4.69, 9.17) is 0 Å². The largest absolute Gasteiger partial charge is 0.0984 e. The van der Waals surface area contributed by atoms with Crippen molar-refractivity contribution in [1.82, 2.24) is 0 Å². The van der Waals surface area contributed by atoms with Gasteiger partial charge in [0, 0.05) is 0 Å². The van der Waals surface area contributed by atoms with E-state index in [0.717, 1.165) is 32.0 Å². The van der Waals surface area contributed by atoms with Gasteiger partial charge in [-0.2, -0.15) is 0 Å². The molecule has 0 N–H and O–H groups in total. The lowest BCUT2D eigenvalue weighted by Crippen LogP contribution is -2.29. The van der Waals surface area contributed by atoms with Gasteiger partial charge < -0.3 is 0 Å². The first-order valence-corrected chi connectivity index (χ1v) is 6.51. The third kappa shape index (κ3) is 2.55. The SMILES string of the molecule is C=CC(/C(C=C)=c1\ccccc1=C)=c1/ccccc1=C. The third-order valence-electron chi connectivity index (χ3n) is 3.31. The third-order valence-corrected chi connectivity index (χ3v) is 3.31. The number of hydrogen-bond donors (Lipinski definition) is 0. The van der Waals surface area contributed by atoms with Crippen molar-refractivity contribution in [3.63, 3.8) is 0 Å². The van der Waals surface area contributed by atoms with Gasteiger partial charge in [0.15, 0.2) is 0 Å². The van der Waals surface area contributed by atoms with Crippen LogP contribution >= 0.6 is 0 Å². The first-order valence-electron chi connectivity index (χ1n) is 6.51. The van der Waals surface area contributed by atoms with Crippen LogP contribution in [-0.4, -0.2) is 0 Å². The fraction of sp³-hybridized carbons (Fsp3) is 0. The van der Waals surface area contributed by atoms with Crippen LogP contribution in [0.4, 0.5) is 0 Å². The van der Waals surface area contributed by atoms with Crippen LogP contribution in [0.2, 0.25) is 0 Å². The van der Waals surface area contributed by atoms with E-state index in [2.05, 4.69) is 38.4 Å². The van der Waals surface area contributed by atoms with Crippen molar-refractivity contribution in [2.24, 2.45) is 0 Å². The van der Waals surface area contributed by atoms with Gasteiger partial charge in [-0.15, -0.1) is 0 Å². The van der Waals surface area contributed by atoms with Crippen LogP contribution in [0.15, 0.2) is 73.8 Å². The van der Waals surface area contributed by atoms with Crippen LogP contribution in [0.1, 0.15) is 0 Å². The summed E-state index contributed by atoms with van der Waals surface area (Å²) in [5.74, 6) is 0. The van der Waals surface area contributed by atoms with Crippen molar-refractivity contribution in [1.29, 1.82) is 0 Å². The zero-order valence-electron chi connectivity index (χ0n) is 11.6. The van der Waals surface area contributed by atoms with Crippen LogP contribution in [0.5, 0.6) is 0 Å². The highest BCUT2D eigenvalue weighted by Crippen LogP contribution is 2.10. The molecule has 0 unspecified atom stereocenters. The highest BCUT2D eigenvalue weighted by molar-refractivity contribution is 5.98. The Labute approximate surface area is 119 Å². The normalized spacial score (nSPS) is 13.4. The molecule has 20 heavy (non-hydrogen) atoms. The molecule has 0 bridgehead atoms. The summed E-state index contributed by atoms with van der Waals surface area (Å²) in [5.41, 5.74) is 2.06. The molecular formula is C20H18. The van der Waals surface area contributed by atoms with E-state index in [1.54, 1.807) is 0 Å². The van der Waals surface area contributed by atoms with E-state index in [0.29, 0.717) is 0 Å². The van der Waals surface area contributed by atoms with Crippen LogP contribution < -0.4 is 20.9 Å². The first kappa shape index (κ1) is 13.8. The maximum Gasteiger partial charge on any atom is -0.0105 e. The smallest absolute Gasteiger partial charge is 0.0105 e. The molecule has 0 nitrogen and oxygen atoms in total.